The van der Waals surface area contributed by atoms with E-state index >= 15 is 0 Å². The number of pyridine rings is 1. The summed E-state index contributed by atoms with van der Waals surface area (Å²) in [5.41, 5.74) is 2.82. The van der Waals surface area contributed by atoms with Gasteiger partial charge in [0.1, 0.15) is 11.3 Å². The lowest BCUT2D eigenvalue weighted by molar-refractivity contribution is -0.115. The van der Waals surface area contributed by atoms with Crippen LogP contribution in [0, 0.1) is 5.82 Å². The van der Waals surface area contributed by atoms with Crippen molar-refractivity contribution in [2.24, 2.45) is 0 Å². The number of rotatable bonds is 5. The number of anilines is 1. The summed E-state index contributed by atoms with van der Waals surface area (Å²) >= 11 is 0. The average molecular weight is 350 g/mol. The van der Waals surface area contributed by atoms with Gasteiger partial charge >= 0.3 is 0 Å². The molecule has 0 aliphatic heterocycles. The molecular formula is C19H15FN4O2. The quantitative estimate of drug-likeness (QED) is 0.767. The van der Waals surface area contributed by atoms with E-state index in [1.807, 2.05) is 18.2 Å². The highest BCUT2D eigenvalue weighted by molar-refractivity contribution is 5.94. The van der Waals surface area contributed by atoms with Gasteiger partial charge in [0.15, 0.2) is 5.65 Å². The second-order valence-corrected chi connectivity index (χ2v) is 5.77. The van der Waals surface area contributed by atoms with Gasteiger partial charge in [-0.15, -0.1) is 0 Å². The molecule has 7 heteroatoms. The Balaban J connectivity index is 1.65. The molecule has 0 bridgehead atoms. The number of nitrogens with zero attached hydrogens (tertiary/aromatic N) is 3. The van der Waals surface area contributed by atoms with E-state index in [4.69, 9.17) is 4.74 Å². The van der Waals surface area contributed by atoms with Gasteiger partial charge in [0.05, 0.1) is 19.2 Å². The Labute approximate surface area is 148 Å². The van der Waals surface area contributed by atoms with Crippen molar-refractivity contribution in [2.75, 3.05) is 12.4 Å². The molecule has 4 rings (SSSR count). The first-order valence-electron chi connectivity index (χ1n) is 8.00. The Bertz CT molecular complexity index is 1050. The number of fused-ring (bicyclic) bond motifs is 1. The fourth-order valence-electron chi connectivity index (χ4n) is 2.67. The van der Waals surface area contributed by atoms with Crippen LogP contribution in [0.15, 0.2) is 54.6 Å². The molecule has 0 saturated carbocycles. The summed E-state index contributed by atoms with van der Waals surface area (Å²) in [5.74, 6) is 0.263. The van der Waals surface area contributed by atoms with E-state index in [1.165, 1.54) is 12.1 Å². The molecule has 1 aliphatic carbocycles. The molecule has 0 saturated heterocycles. The predicted molar refractivity (Wildman–Crippen MR) is 96.2 cm³/mol. The zero-order chi connectivity index (χ0) is 18.1. The molecule has 0 radical (unpaired) electrons. The van der Waals surface area contributed by atoms with Crippen molar-refractivity contribution >= 4 is 28.7 Å². The van der Waals surface area contributed by atoms with Crippen molar-refractivity contribution in [3.8, 4) is 5.88 Å². The lowest BCUT2D eigenvalue weighted by atomic mass is 10.1. The molecule has 1 aromatic carbocycles. The number of methoxy groups -OCH3 is 1. The Morgan fingerprint density at radius 2 is 1.96 bits per heavy atom. The maximum Gasteiger partial charge on any atom is 0.231 e. The molecule has 1 amide bonds. The summed E-state index contributed by atoms with van der Waals surface area (Å²) in [7, 11) is 1.54. The summed E-state index contributed by atoms with van der Waals surface area (Å²) in [6.45, 7) is 0. The first-order valence-corrected chi connectivity index (χ1v) is 8.00. The molecule has 0 fully saturated rings. The van der Waals surface area contributed by atoms with Crippen molar-refractivity contribution in [1.29, 1.82) is 0 Å². The number of hydrogen-bond acceptors (Lipinski definition) is 4. The largest absolute Gasteiger partial charge is 0.481 e. The molecule has 1 N–H and O–H groups in total. The van der Waals surface area contributed by atoms with Gasteiger partial charge in [-0.25, -0.2) is 9.37 Å². The topological polar surface area (TPSA) is 69.0 Å². The summed E-state index contributed by atoms with van der Waals surface area (Å²) < 4.78 is 19.9. The first kappa shape index (κ1) is 16.0. The van der Waals surface area contributed by atoms with Gasteiger partial charge in [0.2, 0.25) is 17.7 Å². The third-order valence-electron chi connectivity index (χ3n) is 4.01. The third kappa shape index (κ3) is 2.95. The Morgan fingerprint density at radius 3 is 2.62 bits per heavy atom. The van der Waals surface area contributed by atoms with Gasteiger partial charge in [0.25, 0.3) is 0 Å². The van der Waals surface area contributed by atoms with Gasteiger partial charge in [0, 0.05) is 6.07 Å². The normalized spacial score (nSPS) is 12.6. The number of ether oxygens (including phenoxy) is 1. The number of hydrogen-bond donors (Lipinski definition) is 1. The number of imidazole rings is 1. The summed E-state index contributed by atoms with van der Waals surface area (Å²) in [6, 6.07) is 9.34. The number of carbonyl (C=O) groups excluding carboxylic acids is 1. The molecule has 6 nitrogen and oxygen atoms in total. The molecule has 0 atom stereocenters. The average Bonchev–Trinajstić information content (AvgIpc) is 2.92. The molecule has 2 aromatic heterocycles. The van der Waals surface area contributed by atoms with Crippen LogP contribution in [-0.4, -0.2) is 27.6 Å². The van der Waals surface area contributed by atoms with Gasteiger partial charge in [-0.05, 0) is 35.9 Å². The first-order chi connectivity index (χ1) is 12.6. The molecule has 3 aromatic rings. The lowest BCUT2D eigenvalue weighted by Crippen LogP contribution is -2.18. The van der Waals surface area contributed by atoms with E-state index in [0.717, 1.165) is 5.70 Å². The number of allylic oxidation sites excluding steroid dienone is 4. The zero-order valence-corrected chi connectivity index (χ0v) is 13.9. The van der Waals surface area contributed by atoms with Crippen LogP contribution in [0.25, 0.3) is 16.9 Å². The number of aromatic nitrogens is 3. The number of halogens is 1. The number of nitrogens with one attached hydrogen (secondary N) is 1. The van der Waals surface area contributed by atoms with Gasteiger partial charge in [-0.3, -0.25) is 14.7 Å². The molecule has 1 aliphatic rings. The monoisotopic (exact) mass is 350 g/mol. The van der Waals surface area contributed by atoms with Crippen LogP contribution in [0.4, 0.5) is 10.3 Å². The maximum absolute atomic E-state index is 13.0. The number of carbonyl (C=O) groups is 1. The summed E-state index contributed by atoms with van der Waals surface area (Å²) in [6.07, 6.45) is 5.82. The standard InChI is InChI=1S/C19H15FN4O2/c1-26-17-10-9-15-18(23-17)24(14-3-2-4-14)19(21-15)22-16(25)11-12-5-7-13(20)8-6-12/h2-10H,11H2,1H3,(H,21,22,25). The predicted octanol–water partition coefficient (Wildman–Crippen LogP) is 3.17. The van der Waals surface area contributed by atoms with E-state index in [2.05, 4.69) is 15.3 Å². The van der Waals surface area contributed by atoms with E-state index in [-0.39, 0.29) is 18.1 Å². The fourth-order valence-corrected chi connectivity index (χ4v) is 2.67. The second kappa shape index (κ2) is 6.44. The van der Waals surface area contributed by atoms with Gasteiger partial charge < -0.3 is 4.74 Å². The van der Waals surface area contributed by atoms with Crippen molar-refractivity contribution in [2.45, 2.75) is 6.42 Å². The van der Waals surface area contributed by atoms with Gasteiger partial charge in [-0.1, -0.05) is 18.2 Å². The highest BCUT2D eigenvalue weighted by Crippen LogP contribution is 2.28. The lowest BCUT2D eigenvalue weighted by Gasteiger charge is -2.13. The number of benzene rings is 1. The second-order valence-electron chi connectivity index (χ2n) is 5.77. The minimum Gasteiger partial charge on any atom is -0.481 e. The zero-order valence-electron chi connectivity index (χ0n) is 13.9. The highest BCUT2D eigenvalue weighted by Gasteiger charge is 2.18. The Morgan fingerprint density at radius 1 is 1.19 bits per heavy atom. The van der Waals surface area contributed by atoms with Crippen LogP contribution < -0.4 is 10.1 Å². The van der Waals surface area contributed by atoms with E-state index in [0.29, 0.717) is 28.6 Å². The third-order valence-corrected chi connectivity index (χ3v) is 4.01. The Kier molecular flexibility index (Phi) is 3.96. The minimum absolute atomic E-state index is 0.120. The van der Waals surface area contributed by atoms with Crippen molar-refractivity contribution in [1.82, 2.24) is 14.5 Å². The molecule has 2 heterocycles. The summed E-state index contributed by atoms with van der Waals surface area (Å²) in [4.78, 5) is 21.3. The van der Waals surface area contributed by atoms with Crippen LogP contribution in [0.2, 0.25) is 0 Å². The highest BCUT2D eigenvalue weighted by atomic mass is 19.1. The molecule has 130 valence electrons. The Hall–Kier alpha value is -3.48. The van der Waals surface area contributed by atoms with E-state index < -0.39 is 0 Å². The van der Waals surface area contributed by atoms with Crippen molar-refractivity contribution in [3.63, 3.8) is 0 Å². The molecule has 0 spiro atoms. The molecule has 26 heavy (non-hydrogen) atoms. The molecular weight excluding hydrogens is 335 g/mol. The fraction of sp³-hybridized carbons (Fsp3) is 0.105. The van der Waals surface area contributed by atoms with Crippen LogP contribution in [0.1, 0.15) is 5.56 Å². The van der Waals surface area contributed by atoms with Crippen LogP contribution in [0.5, 0.6) is 5.88 Å². The summed E-state index contributed by atoms with van der Waals surface area (Å²) in [5, 5.41) is 2.81. The smallest absolute Gasteiger partial charge is 0.231 e. The van der Waals surface area contributed by atoms with Gasteiger partial charge in [-0.2, -0.15) is 4.98 Å². The van der Waals surface area contributed by atoms with E-state index in [9.17, 15) is 9.18 Å². The van der Waals surface area contributed by atoms with Crippen LogP contribution in [0.3, 0.4) is 0 Å². The van der Waals surface area contributed by atoms with Crippen molar-refractivity contribution in [3.05, 3.63) is 66.0 Å². The van der Waals surface area contributed by atoms with Crippen molar-refractivity contribution < 1.29 is 13.9 Å². The maximum atomic E-state index is 13.0. The minimum atomic E-state index is -0.334. The molecule has 0 unspecified atom stereocenters. The van der Waals surface area contributed by atoms with Crippen LogP contribution in [-0.2, 0) is 11.2 Å². The van der Waals surface area contributed by atoms with E-state index in [1.54, 1.807) is 35.9 Å². The SMILES string of the molecule is COc1ccc2nc(NC(=O)Cc3ccc(F)cc3)n(C3=CC=C3)c2n1. The van der Waals surface area contributed by atoms with Crippen LogP contribution >= 0.6 is 0 Å². The number of amides is 1.